The molecule has 1 fully saturated rings. The first-order chi connectivity index (χ1) is 13.5. The van der Waals surface area contributed by atoms with Crippen LogP contribution in [0.2, 0.25) is 0 Å². The third kappa shape index (κ3) is 4.73. The van der Waals surface area contributed by atoms with Crippen molar-refractivity contribution in [2.75, 3.05) is 7.11 Å². The highest BCUT2D eigenvalue weighted by atomic mass is 16.6. The minimum absolute atomic E-state index is 0.0444. The van der Waals surface area contributed by atoms with Crippen molar-refractivity contribution in [2.24, 2.45) is 11.8 Å². The lowest BCUT2D eigenvalue weighted by Crippen LogP contribution is -2.58. The summed E-state index contributed by atoms with van der Waals surface area (Å²) in [6.07, 6.45) is -2.75. The summed E-state index contributed by atoms with van der Waals surface area (Å²) in [5.74, 6) is 0.739. The van der Waals surface area contributed by atoms with Crippen LogP contribution in [0.15, 0.2) is 54.6 Å². The van der Waals surface area contributed by atoms with Crippen molar-refractivity contribution in [3.8, 4) is 5.75 Å². The van der Waals surface area contributed by atoms with Crippen molar-refractivity contribution < 1.29 is 24.4 Å². The lowest BCUT2D eigenvalue weighted by Gasteiger charge is -2.45. The van der Waals surface area contributed by atoms with E-state index in [-0.39, 0.29) is 17.9 Å². The molecule has 0 aromatic heterocycles. The Morgan fingerprint density at radius 2 is 1.29 bits per heavy atom. The van der Waals surface area contributed by atoms with Crippen molar-refractivity contribution in [2.45, 2.75) is 51.5 Å². The Morgan fingerprint density at radius 1 is 0.714 bits per heavy atom. The summed E-state index contributed by atoms with van der Waals surface area (Å²) < 4.78 is 17.4. The standard InChI is InChI=1S/C23H30O5/c1-15-16(2)22(27-13-17-7-5-4-6-8-17)23(21(25)20(15)24)28-14-18-9-11-19(26-3)12-10-18/h4-12,15-16,20-25H,13-14H2,1-3H3. The van der Waals surface area contributed by atoms with Gasteiger partial charge in [-0.3, -0.25) is 0 Å². The molecule has 0 heterocycles. The summed E-state index contributed by atoms with van der Waals surface area (Å²) in [6, 6.07) is 17.5. The Balaban J connectivity index is 1.70. The van der Waals surface area contributed by atoms with Gasteiger partial charge in [-0.15, -0.1) is 0 Å². The minimum atomic E-state index is -0.995. The number of ether oxygens (including phenoxy) is 3. The molecule has 5 heteroatoms. The van der Waals surface area contributed by atoms with Crippen LogP contribution in [0.1, 0.15) is 25.0 Å². The number of benzene rings is 2. The SMILES string of the molecule is COc1ccc(COC2C(O)C(O)C(C)C(C)C2OCc2ccccc2)cc1. The second-order valence-corrected chi connectivity index (χ2v) is 7.58. The molecule has 28 heavy (non-hydrogen) atoms. The second kappa shape index (κ2) is 9.52. The van der Waals surface area contributed by atoms with E-state index in [0.29, 0.717) is 13.2 Å². The van der Waals surface area contributed by atoms with Gasteiger partial charge in [0.15, 0.2) is 0 Å². The number of hydrogen-bond acceptors (Lipinski definition) is 5. The molecule has 3 rings (SSSR count). The molecule has 6 unspecified atom stereocenters. The summed E-state index contributed by atoms with van der Waals surface area (Å²) in [6.45, 7) is 4.74. The van der Waals surface area contributed by atoms with Crippen LogP contribution in [0.5, 0.6) is 5.75 Å². The Kier molecular flexibility index (Phi) is 7.08. The number of hydrogen-bond donors (Lipinski definition) is 2. The first kappa shape index (κ1) is 20.8. The van der Waals surface area contributed by atoms with E-state index in [1.807, 2.05) is 68.4 Å². The minimum Gasteiger partial charge on any atom is -0.497 e. The largest absolute Gasteiger partial charge is 0.497 e. The molecule has 0 radical (unpaired) electrons. The second-order valence-electron chi connectivity index (χ2n) is 7.58. The number of aliphatic hydroxyl groups excluding tert-OH is 2. The van der Waals surface area contributed by atoms with E-state index < -0.39 is 18.3 Å². The average Bonchev–Trinajstić information content (AvgIpc) is 2.74. The van der Waals surface area contributed by atoms with Gasteiger partial charge in [0, 0.05) is 0 Å². The maximum atomic E-state index is 10.7. The average molecular weight is 386 g/mol. The summed E-state index contributed by atoms with van der Waals surface area (Å²) >= 11 is 0. The highest BCUT2D eigenvalue weighted by molar-refractivity contribution is 5.26. The zero-order chi connectivity index (χ0) is 20.1. The van der Waals surface area contributed by atoms with Crippen molar-refractivity contribution in [3.05, 3.63) is 65.7 Å². The van der Waals surface area contributed by atoms with Gasteiger partial charge in [0.25, 0.3) is 0 Å². The van der Waals surface area contributed by atoms with Crippen LogP contribution in [0.4, 0.5) is 0 Å². The fourth-order valence-corrected chi connectivity index (χ4v) is 3.73. The highest BCUT2D eigenvalue weighted by Crippen LogP contribution is 2.35. The molecular weight excluding hydrogens is 356 g/mol. The Labute approximate surface area is 166 Å². The van der Waals surface area contributed by atoms with Crippen LogP contribution in [0.25, 0.3) is 0 Å². The zero-order valence-corrected chi connectivity index (χ0v) is 16.7. The number of methoxy groups -OCH3 is 1. The normalized spacial score (nSPS) is 30.2. The van der Waals surface area contributed by atoms with Gasteiger partial charge in [0.2, 0.25) is 0 Å². The molecule has 2 aromatic carbocycles. The monoisotopic (exact) mass is 386 g/mol. The maximum Gasteiger partial charge on any atom is 0.118 e. The Bertz CT molecular complexity index is 718. The van der Waals surface area contributed by atoms with E-state index in [2.05, 4.69) is 0 Å². The first-order valence-electron chi connectivity index (χ1n) is 9.77. The molecule has 0 bridgehead atoms. The van der Waals surface area contributed by atoms with E-state index in [4.69, 9.17) is 14.2 Å². The van der Waals surface area contributed by atoms with Crippen LogP contribution >= 0.6 is 0 Å². The van der Waals surface area contributed by atoms with E-state index >= 15 is 0 Å². The van der Waals surface area contributed by atoms with Crippen molar-refractivity contribution in [1.29, 1.82) is 0 Å². The van der Waals surface area contributed by atoms with Gasteiger partial charge in [0.05, 0.1) is 32.5 Å². The zero-order valence-electron chi connectivity index (χ0n) is 16.7. The van der Waals surface area contributed by atoms with Gasteiger partial charge in [-0.1, -0.05) is 56.3 Å². The lowest BCUT2D eigenvalue weighted by atomic mass is 9.74. The van der Waals surface area contributed by atoms with Gasteiger partial charge in [-0.25, -0.2) is 0 Å². The quantitative estimate of drug-likeness (QED) is 0.765. The first-order valence-corrected chi connectivity index (χ1v) is 9.77. The molecule has 152 valence electrons. The molecular formula is C23H30O5. The van der Waals surface area contributed by atoms with Crippen molar-refractivity contribution in [3.63, 3.8) is 0 Å². The van der Waals surface area contributed by atoms with Gasteiger partial charge >= 0.3 is 0 Å². The summed E-state index contributed by atoms with van der Waals surface area (Å²) in [4.78, 5) is 0. The summed E-state index contributed by atoms with van der Waals surface area (Å²) in [5, 5.41) is 21.1. The van der Waals surface area contributed by atoms with Crippen LogP contribution < -0.4 is 4.74 Å². The molecule has 0 spiro atoms. The van der Waals surface area contributed by atoms with Gasteiger partial charge < -0.3 is 24.4 Å². The van der Waals surface area contributed by atoms with E-state index in [0.717, 1.165) is 16.9 Å². The highest BCUT2D eigenvalue weighted by Gasteiger charge is 2.47. The van der Waals surface area contributed by atoms with E-state index in [9.17, 15) is 10.2 Å². The predicted octanol–water partition coefficient (Wildman–Crippen LogP) is 3.17. The third-order valence-corrected chi connectivity index (χ3v) is 5.78. The van der Waals surface area contributed by atoms with Crippen LogP contribution in [0.3, 0.4) is 0 Å². The summed E-state index contributed by atoms with van der Waals surface area (Å²) in [7, 11) is 1.63. The molecule has 1 aliphatic carbocycles. The molecule has 1 aliphatic rings. The van der Waals surface area contributed by atoms with Crippen molar-refractivity contribution >= 4 is 0 Å². The van der Waals surface area contributed by atoms with Crippen LogP contribution in [-0.2, 0) is 22.7 Å². The van der Waals surface area contributed by atoms with Crippen LogP contribution in [-0.4, -0.2) is 41.7 Å². The molecule has 0 amide bonds. The van der Waals surface area contributed by atoms with E-state index in [1.165, 1.54) is 0 Å². The predicted molar refractivity (Wildman–Crippen MR) is 107 cm³/mol. The smallest absolute Gasteiger partial charge is 0.118 e. The van der Waals surface area contributed by atoms with Gasteiger partial charge in [0.1, 0.15) is 18.0 Å². The molecule has 2 aromatic rings. The van der Waals surface area contributed by atoms with Crippen LogP contribution in [0, 0.1) is 11.8 Å². The molecule has 2 N–H and O–H groups in total. The molecule has 5 nitrogen and oxygen atoms in total. The Hall–Kier alpha value is -1.92. The number of rotatable bonds is 7. The Morgan fingerprint density at radius 3 is 1.89 bits per heavy atom. The van der Waals surface area contributed by atoms with Gasteiger partial charge in [-0.05, 0) is 35.1 Å². The molecule has 6 atom stereocenters. The fraction of sp³-hybridized carbons (Fsp3) is 0.478. The fourth-order valence-electron chi connectivity index (χ4n) is 3.73. The molecule has 0 saturated heterocycles. The molecule has 1 saturated carbocycles. The summed E-state index contributed by atoms with van der Waals surface area (Å²) in [5.41, 5.74) is 2.03. The number of aliphatic hydroxyl groups is 2. The van der Waals surface area contributed by atoms with E-state index in [1.54, 1.807) is 7.11 Å². The maximum absolute atomic E-state index is 10.7. The van der Waals surface area contributed by atoms with Gasteiger partial charge in [-0.2, -0.15) is 0 Å². The van der Waals surface area contributed by atoms with Crippen molar-refractivity contribution in [1.82, 2.24) is 0 Å². The topological polar surface area (TPSA) is 68.2 Å². The molecule has 0 aliphatic heterocycles. The lowest BCUT2D eigenvalue weighted by molar-refractivity contribution is -0.215. The third-order valence-electron chi connectivity index (χ3n) is 5.78.